The maximum absolute atomic E-state index is 6.27. The molecule has 1 nitrogen and oxygen atoms in total. The highest BCUT2D eigenvalue weighted by Gasteiger charge is 2.13. The van der Waals surface area contributed by atoms with Crippen molar-refractivity contribution < 1.29 is 0 Å². The lowest BCUT2D eigenvalue weighted by atomic mass is 9.92. The summed E-state index contributed by atoms with van der Waals surface area (Å²) in [5, 5.41) is 0.780. The van der Waals surface area contributed by atoms with Crippen LogP contribution in [0.5, 0.6) is 0 Å². The van der Waals surface area contributed by atoms with E-state index < -0.39 is 0 Å². The van der Waals surface area contributed by atoms with Gasteiger partial charge in [-0.15, -0.1) is 0 Å². The second kappa shape index (κ2) is 6.89. The Labute approximate surface area is 135 Å². The maximum atomic E-state index is 6.27. The molecule has 0 heterocycles. The Bertz CT molecular complexity index is 572. The van der Waals surface area contributed by atoms with E-state index in [0.717, 1.165) is 26.0 Å². The van der Waals surface area contributed by atoms with Crippen LogP contribution in [0.25, 0.3) is 0 Å². The van der Waals surface area contributed by atoms with Crippen LogP contribution in [-0.4, -0.2) is 6.54 Å². The first kappa shape index (κ1) is 15.0. The highest BCUT2D eigenvalue weighted by Crippen LogP contribution is 2.28. The fourth-order valence-electron chi connectivity index (χ4n) is 2.05. The van der Waals surface area contributed by atoms with Gasteiger partial charge in [0.05, 0.1) is 0 Å². The summed E-state index contributed by atoms with van der Waals surface area (Å²) >= 11 is 13.2. The number of halogens is 3. The molecule has 4 heteroatoms. The van der Waals surface area contributed by atoms with Crippen LogP contribution in [0.1, 0.15) is 17.0 Å². The summed E-state index contributed by atoms with van der Waals surface area (Å²) in [7, 11) is 0. The van der Waals surface area contributed by atoms with E-state index in [-0.39, 0.29) is 5.92 Å². The molecule has 0 aromatic heterocycles. The zero-order chi connectivity index (χ0) is 13.8. The van der Waals surface area contributed by atoms with Crippen molar-refractivity contribution >= 4 is 43.5 Å². The molecule has 0 aliphatic rings. The van der Waals surface area contributed by atoms with Crippen molar-refractivity contribution in [2.45, 2.75) is 12.3 Å². The minimum absolute atomic E-state index is 0.274. The summed E-state index contributed by atoms with van der Waals surface area (Å²) < 4.78 is 2.07. The zero-order valence-electron chi connectivity index (χ0n) is 10.2. The SMILES string of the molecule is NCC(Cc1ccc(Br)cc1Cl)c1cccc(Br)c1. The first-order valence-electron chi connectivity index (χ1n) is 5.99. The molecule has 0 amide bonds. The third-order valence-electron chi connectivity index (χ3n) is 3.09. The second-order valence-corrected chi connectivity index (χ2v) is 6.67. The first-order chi connectivity index (χ1) is 9.10. The van der Waals surface area contributed by atoms with E-state index in [0.29, 0.717) is 6.54 Å². The molecule has 2 rings (SSSR count). The average Bonchev–Trinajstić information content (AvgIpc) is 2.38. The quantitative estimate of drug-likeness (QED) is 0.751. The van der Waals surface area contributed by atoms with E-state index in [4.69, 9.17) is 17.3 Å². The van der Waals surface area contributed by atoms with E-state index in [9.17, 15) is 0 Å². The Kier molecular flexibility index (Phi) is 5.46. The van der Waals surface area contributed by atoms with Gasteiger partial charge in [0.1, 0.15) is 0 Å². The summed E-state index contributed by atoms with van der Waals surface area (Å²) in [5.41, 5.74) is 8.27. The maximum Gasteiger partial charge on any atom is 0.0449 e. The second-order valence-electron chi connectivity index (χ2n) is 4.43. The van der Waals surface area contributed by atoms with Gasteiger partial charge >= 0.3 is 0 Å². The Morgan fingerprint density at radius 3 is 2.42 bits per heavy atom. The van der Waals surface area contributed by atoms with Crippen LogP contribution in [0.2, 0.25) is 5.02 Å². The summed E-state index contributed by atoms with van der Waals surface area (Å²) in [6.45, 7) is 0.600. The lowest BCUT2D eigenvalue weighted by Crippen LogP contribution is -2.15. The molecule has 0 radical (unpaired) electrons. The number of nitrogens with two attached hydrogens (primary N) is 1. The number of benzene rings is 2. The van der Waals surface area contributed by atoms with E-state index in [1.807, 2.05) is 30.3 Å². The lowest BCUT2D eigenvalue weighted by Gasteiger charge is -2.16. The van der Waals surface area contributed by atoms with Crippen molar-refractivity contribution in [1.29, 1.82) is 0 Å². The van der Waals surface area contributed by atoms with E-state index >= 15 is 0 Å². The first-order valence-corrected chi connectivity index (χ1v) is 7.96. The Morgan fingerprint density at radius 2 is 1.79 bits per heavy atom. The van der Waals surface area contributed by atoms with Crippen molar-refractivity contribution in [3.63, 3.8) is 0 Å². The van der Waals surface area contributed by atoms with Gasteiger partial charge in [-0.1, -0.05) is 61.7 Å². The van der Waals surface area contributed by atoms with Crippen molar-refractivity contribution in [1.82, 2.24) is 0 Å². The average molecular weight is 404 g/mol. The van der Waals surface area contributed by atoms with E-state index in [1.54, 1.807) is 0 Å². The fraction of sp³-hybridized carbons (Fsp3) is 0.200. The summed E-state index contributed by atoms with van der Waals surface area (Å²) in [5.74, 6) is 0.274. The molecule has 19 heavy (non-hydrogen) atoms. The topological polar surface area (TPSA) is 26.0 Å². The highest BCUT2D eigenvalue weighted by atomic mass is 79.9. The van der Waals surface area contributed by atoms with Crippen LogP contribution in [0.3, 0.4) is 0 Å². The van der Waals surface area contributed by atoms with Gasteiger partial charge in [0.25, 0.3) is 0 Å². The van der Waals surface area contributed by atoms with Crippen LogP contribution < -0.4 is 5.73 Å². The normalized spacial score (nSPS) is 12.4. The van der Waals surface area contributed by atoms with Crippen LogP contribution in [0.4, 0.5) is 0 Å². The van der Waals surface area contributed by atoms with Gasteiger partial charge in [-0.05, 0) is 48.4 Å². The Balaban J connectivity index is 2.24. The smallest absolute Gasteiger partial charge is 0.0449 e. The minimum Gasteiger partial charge on any atom is -0.330 e. The van der Waals surface area contributed by atoms with Gasteiger partial charge in [0.15, 0.2) is 0 Å². The number of hydrogen-bond donors (Lipinski definition) is 1. The number of hydrogen-bond acceptors (Lipinski definition) is 1. The molecule has 0 aliphatic carbocycles. The molecule has 0 spiro atoms. The van der Waals surface area contributed by atoms with Crippen LogP contribution >= 0.6 is 43.5 Å². The molecule has 100 valence electrons. The monoisotopic (exact) mass is 401 g/mol. The van der Waals surface area contributed by atoms with Crippen molar-refractivity contribution in [2.24, 2.45) is 5.73 Å². The standard InChI is InChI=1S/C15H14Br2ClN/c16-13-3-1-2-10(7-13)12(9-19)6-11-4-5-14(17)8-15(11)18/h1-5,7-8,12H,6,9,19H2. The Hall–Kier alpha value is -0.350. The van der Waals surface area contributed by atoms with Crippen molar-refractivity contribution in [3.8, 4) is 0 Å². The van der Waals surface area contributed by atoms with Crippen molar-refractivity contribution in [2.75, 3.05) is 6.54 Å². The van der Waals surface area contributed by atoms with Crippen molar-refractivity contribution in [3.05, 3.63) is 67.6 Å². The predicted molar refractivity (Wildman–Crippen MR) is 88.8 cm³/mol. The van der Waals surface area contributed by atoms with Gasteiger partial charge < -0.3 is 5.73 Å². The molecule has 0 aliphatic heterocycles. The van der Waals surface area contributed by atoms with Crippen LogP contribution in [-0.2, 0) is 6.42 Å². The molecule has 1 atom stereocenters. The zero-order valence-corrected chi connectivity index (χ0v) is 14.2. The van der Waals surface area contributed by atoms with E-state index in [2.05, 4.69) is 44.0 Å². The molecular formula is C15H14Br2ClN. The molecule has 2 N–H and O–H groups in total. The minimum atomic E-state index is 0.274. The van der Waals surface area contributed by atoms with Gasteiger partial charge in [-0.25, -0.2) is 0 Å². The van der Waals surface area contributed by atoms with Gasteiger partial charge in [-0.2, -0.15) is 0 Å². The predicted octanol–water partition coefficient (Wildman–Crippen LogP) is 5.15. The Morgan fingerprint density at radius 1 is 1.05 bits per heavy atom. The third-order valence-corrected chi connectivity index (χ3v) is 4.42. The van der Waals surface area contributed by atoms with Gasteiger partial charge in [-0.3, -0.25) is 0 Å². The molecule has 1 unspecified atom stereocenters. The fourth-order valence-corrected chi connectivity index (χ4v) is 3.22. The highest BCUT2D eigenvalue weighted by molar-refractivity contribution is 9.10. The van der Waals surface area contributed by atoms with Gasteiger partial charge in [0, 0.05) is 19.9 Å². The lowest BCUT2D eigenvalue weighted by molar-refractivity contribution is 0.694. The largest absolute Gasteiger partial charge is 0.330 e. The number of rotatable bonds is 4. The summed E-state index contributed by atoms with van der Waals surface area (Å²) in [4.78, 5) is 0. The molecule has 0 saturated heterocycles. The summed E-state index contributed by atoms with van der Waals surface area (Å²) in [6, 6.07) is 14.3. The van der Waals surface area contributed by atoms with Gasteiger partial charge in [0.2, 0.25) is 0 Å². The van der Waals surface area contributed by atoms with E-state index in [1.165, 1.54) is 5.56 Å². The molecule has 0 saturated carbocycles. The third kappa shape index (κ3) is 4.06. The van der Waals surface area contributed by atoms with Crippen LogP contribution in [0, 0.1) is 0 Å². The summed E-state index contributed by atoms with van der Waals surface area (Å²) in [6.07, 6.45) is 0.846. The molecule has 0 bridgehead atoms. The van der Waals surface area contributed by atoms with Crippen LogP contribution in [0.15, 0.2) is 51.4 Å². The molecule has 2 aromatic carbocycles. The molecular weight excluding hydrogens is 389 g/mol. The molecule has 2 aromatic rings. The molecule has 0 fully saturated rings.